The van der Waals surface area contributed by atoms with E-state index >= 15 is 0 Å². The highest BCUT2D eigenvalue weighted by Gasteiger charge is 2.24. The first-order valence-electron chi connectivity index (χ1n) is 7.45. The number of rotatable bonds is 2. The summed E-state index contributed by atoms with van der Waals surface area (Å²) in [6.07, 6.45) is 3.59. The number of hydrogen-bond acceptors (Lipinski definition) is 4. The van der Waals surface area contributed by atoms with E-state index in [-0.39, 0.29) is 11.8 Å². The topological polar surface area (TPSA) is 63.0 Å². The van der Waals surface area contributed by atoms with E-state index in [1.807, 2.05) is 41.9 Å². The van der Waals surface area contributed by atoms with Crippen LogP contribution in [0.25, 0.3) is 5.70 Å². The quantitative estimate of drug-likeness (QED) is 0.762. The summed E-state index contributed by atoms with van der Waals surface area (Å²) >= 11 is 0. The van der Waals surface area contributed by atoms with Crippen molar-refractivity contribution in [2.75, 3.05) is 5.32 Å². The molecule has 5 nitrogen and oxygen atoms in total. The molecule has 0 spiro atoms. The summed E-state index contributed by atoms with van der Waals surface area (Å²) in [7, 11) is 0. The predicted octanol–water partition coefficient (Wildman–Crippen LogP) is 3.35. The molecule has 0 fully saturated rings. The van der Waals surface area contributed by atoms with Crippen LogP contribution in [0, 0.1) is 6.92 Å². The largest absolute Gasteiger partial charge is 0.507 e. The van der Waals surface area contributed by atoms with Crippen molar-refractivity contribution in [2.24, 2.45) is 0 Å². The van der Waals surface area contributed by atoms with Gasteiger partial charge in [-0.15, -0.1) is 0 Å². The molecule has 0 amide bonds. The van der Waals surface area contributed by atoms with Gasteiger partial charge in [-0.25, -0.2) is 4.68 Å². The van der Waals surface area contributed by atoms with Crippen molar-refractivity contribution >= 4 is 11.6 Å². The first kappa shape index (κ1) is 13.6. The van der Waals surface area contributed by atoms with E-state index in [4.69, 9.17) is 0 Å². The Bertz CT molecular complexity index is 883. The number of aryl methyl sites for hydroxylation is 1. The third kappa shape index (κ3) is 2.36. The number of aromatic nitrogens is 3. The summed E-state index contributed by atoms with van der Waals surface area (Å²) in [6.45, 7) is 2.00. The molecule has 2 N–H and O–H groups in total. The zero-order chi connectivity index (χ0) is 15.8. The molecule has 0 radical (unpaired) electrons. The minimum absolute atomic E-state index is 0.0649. The molecule has 1 atom stereocenters. The van der Waals surface area contributed by atoms with Gasteiger partial charge in [0.05, 0.1) is 5.70 Å². The van der Waals surface area contributed by atoms with Crippen molar-refractivity contribution in [1.29, 1.82) is 0 Å². The van der Waals surface area contributed by atoms with E-state index in [1.54, 1.807) is 6.07 Å². The van der Waals surface area contributed by atoms with Gasteiger partial charge in [0.2, 0.25) is 5.95 Å². The van der Waals surface area contributed by atoms with Crippen molar-refractivity contribution in [3.8, 4) is 5.75 Å². The first-order chi connectivity index (χ1) is 11.2. The molecule has 114 valence electrons. The van der Waals surface area contributed by atoms with Gasteiger partial charge in [0.15, 0.2) is 0 Å². The Morgan fingerprint density at radius 2 is 1.96 bits per heavy atom. The summed E-state index contributed by atoms with van der Waals surface area (Å²) in [4.78, 5) is 4.28. The third-order valence-electron chi connectivity index (χ3n) is 3.99. The number of nitrogens with one attached hydrogen (secondary N) is 1. The Labute approximate surface area is 133 Å². The van der Waals surface area contributed by atoms with E-state index in [1.165, 1.54) is 6.33 Å². The van der Waals surface area contributed by atoms with Gasteiger partial charge in [0.1, 0.15) is 18.1 Å². The van der Waals surface area contributed by atoms with E-state index in [9.17, 15) is 5.11 Å². The molecule has 5 heteroatoms. The fourth-order valence-electron chi connectivity index (χ4n) is 2.84. The maximum atomic E-state index is 10.2. The molecule has 0 aliphatic carbocycles. The van der Waals surface area contributed by atoms with Gasteiger partial charge < -0.3 is 10.4 Å². The summed E-state index contributed by atoms with van der Waals surface area (Å²) < 4.78 is 1.84. The SMILES string of the molecule is Cc1ccc(O)c(C2=C[C@@H](c3ccccc3)n3ncnc3N2)c1. The molecule has 4 rings (SSSR count). The summed E-state index contributed by atoms with van der Waals surface area (Å²) in [6, 6.07) is 15.6. The lowest BCUT2D eigenvalue weighted by Gasteiger charge is -2.24. The van der Waals surface area contributed by atoms with Gasteiger partial charge in [0, 0.05) is 5.56 Å². The zero-order valence-corrected chi connectivity index (χ0v) is 12.6. The molecular weight excluding hydrogens is 288 g/mol. The van der Waals surface area contributed by atoms with Gasteiger partial charge in [0.25, 0.3) is 0 Å². The van der Waals surface area contributed by atoms with Gasteiger partial charge >= 0.3 is 0 Å². The number of phenolic OH excluding ortho intramolecular Hbond substituents is 1. The number of allylic oxidation sites excluding steroid dienone is 1. The zero-order valence-electron chi connectivity index (χ0n) is 12.6. The maximum Gasteiger partial charge on any atom is 0.226 e. The minimum Gasteiger partial charge on any atom is -0.507 e. The molecule has 3 aromatic rings. The Hall–Kier alpha value is -3.08. The lowest BCUT2D eigenvalue weighted by atomic mass is 10.0. The van der Waals surface area contributed by atoms with E-state index in [0.29, 0.717) is 5.95 Å². The Kier molecular flexibility index (Phi) is 3.12. The second-order valence-corrected chi connectivity index (χ2v) is 5.61. The monoisotopic (exact) mass is 304 g/mol. The van der Waals surface area contributed by atoms with Crippen LogP contribution in [0.5, 0.6) is 5.75 Å². The number of aromatic hydroxyl groups is 1. The molecule has 0 bridgehead atoms. The number of phenols is 1. The third-order valence-corrected chi connectivity index (χ3v) is 3.99. The van der Waals surface area contributed by atoms with Crippen LogP contribution in [-0.2, 0) is 0 Å². The van der Waals surface area contributed by atoms with Gasteiger partial charge in [-0.2, -0.15) is 10.1 Å². The second-order valence-electron chi connectivity index (χ2n) is 5.61. The number of hydrogen-bond donors (Lipinski definition) is 2. The lowest BCUT2D eigenvalue weighted by Crippen LogP contribution is -2.20. The van der Waals surface area contributed by atoms with Crippen LogP contribution in [0.15, 0.2) is 60.9 Å². The van der Waals surface area contributed by atoms with Crippen molar-refractivity contribution < 1.29 is 5.11 Å². The van der Waals surface area contributed by atoms with Crippen molar-refractivity contribution in [3.63, 3.8) is 0 Å². The van der Waals surface area contributed by atoms with Gasteiger partial charge in [-0.3, -0.25) is 0 Å². The minimum atomic E-state index is -0.0649. The Morgan fingerprint density at radius 3 is 2.78 bits per heavy atom. The second kappa shape index (κ2) is 5.28. The summed E-state index contributed by atoms with van der Waals surface area (Å²) in [5.41, 5.74) is 3.80. The average Bonchev–Trinajstić information content (AvgIpc) is 3.05. The molecule has 1 aliphatic heterocycles. The molecule has 2 aromatic carbocycles. The molecule has 1 aromatic heterocycles. The summed E-state index contributed by atoms with van der Waals surface area (Å²) in [5.74, 6) is 0.909. The molecule has 0 saturated carbocycles. The van der Waals surface area contributed by atoms with Crippen LogP contribution < -0.4 is 5.32 Å². The highest BCUT2D eigenvalue weighted by atomic mass is 16.3. The molecule has 23 heavy (non-hydrogen) atoms. The standard InChI is InChI=1S/C18H16N4O/c1-12-7-8-17(23)14(9-12)15-10-16(13-5-3-2-4-6-13)22-18(21-15)19-11-20-22/h2-11,16,23H,1H3,(H,19,20,21)/t16-/m0/s1. The number of fused-ring (bicyclic) bond motifs is 1. The van der Waals surface area contributed by atoms with Crippen LogP contribution in [0.3, 0.4) is 0 Å². The van der Waals surface area contributed by atoms with Crippen LogP contribution in [0.1, 0.15) is 22.7 Å². The van der Waals surface area contributed by atoms with Gasteiger partial charge in [-0.05, 0) is 30.7 Å². The number of nitrogens with zero attached hydrogens (tertiary/aromatic N) is 3. The Balaban J connectivity index is 1.85. The normalized spacial score (nSPS) is 16.4. The van der Waals surface area contributed by atoms with E-state index in [2.05, 4.69) is 33.6 Å². The molecular formula is C18H16N4O. The van der Waals surface area contributed by atoms with Crippen molar-refractivity contribution in [3.05, 3.63) is 77.6 Å². The Morgan fingerprint density at radius 1 is 1.13 bits per heavy atom. The highest BCUT2D eigenvalue weighted by molar-refractivity contribution is 5.80. The van der Waals surface area contributed by atoms with Gasteiger partial charge in [-0.1, -0.05) is 42.0 Å². The van der Waals surface area contributed by atoms with Crippen LogP contribution in [-0.4, -0.2) is 19.9 Å². The molecule has 2 heterocycles. The van der Waals surface area contributed by atoms with Crippen LogP contribution in [0.2, 0.25) is 0 Å². The lowest BCUT2D eigenvalue weighted by molar-refractivity contribution is 0.473. The predicted molar refractivity (Wildman–Crippen MR) is 89.0 cm³/mol. The molecule has 0 saturated heterocycles. The summed E-state index contributed by atoms with van der Waals surface area (Å²) in [5, 5.41) is 17.8. The van der Waals surface area contributed by atoms with Crippen LogP contribution >= 0.6 is 0 Å². The maximum absolute atomic E-state index is 10.2. The number of benzene rings is 2. The fourth-order valence-corrected chi connectivity index (χ4v) is 2.84. The van der Waals surface area contributed by atoms with E-state index in [0.717, 1.165) is 22.4 Å². The highest BCUT2D eigenvalue weighted by Crippen LogP contribution is 2.34. The van der Waals surface area contributed by atoms with Crippen LogP contribution in [0.4, 0.5) is 5.95 Å². The fraction of sp³-hybridized carbons (Fsp3) is 0.111. The number of anilines is 1. The van der Waals surface area contributed by atoms with Crippen molar-refractivity contribution in [2.45, 2.75) is 13.0 Å². The average molecular weight is 304 g/mol. The molecule has 0 unspecified atom stereocenters. The van der Waals surface area contributed by atoms with E-state index < -0.39 is 0 Å². The molecule has 1 aliphatic rings. The van der Waals surface area contributed by atoms with Crippen molar-refractivity contribution in [1.82, 2.24) is 14.8 Å². The smallest absolute Gasteiger partial charge is 0.226 e. The first-order valence-corrected chi connectivity index (χ1v) is 7.45.